The first kappa shape index (κ1) is 12.6. The lowest BCUT2D eigenvalue weighted by atomic mass is 9.89. The van der Waals surface area contributed by atoms with E-state index in [9.17, 15) is 4.79 Å². The number of rotatable bonds is 1. The molecule has 0 saturated carbocycles. The van der Waals surface area contributed by atoms with Gasteiger partial charge in [-0.05, 0) is 54.4 Å². The van der Waals surface area contributed by atoms with Gasteiger partial charge in [-0.2, -0.15) is 0 Å². The van der Waals surface area contributed by atoms with Gasteiger partial charge < -0.3 is 4.90 Å². The summed E-state index contributed by atoms with van der Waals surface area (Å²) in [6.45, 7) is 7.17. The van der Waals surface area contributed by atoms with Crippen molar-refractivity contribution >= 4 is 27.4 Å². The van der Waals surface area contributed by atoms with Crippen LogP contribution in [0.15, 0.2) is 22.7 Å². The van der Waals surface area contributed by atoms with Gasteiger partial charge in [0.15, 0.2) is 0 Å². The fraction of sp³-hybridized carbons (Fsp3) is 0.500. The smallest absolute Gasteiger partial charge is 0.136 e. The topological polar surface area (TPSA) is 20.3 Å². The van der Waals surface area contributed by atoms with Crippen LogP contribution >= 0.6 is 15.9 Å². The Labute approximate surface area is 111 Å². The number of nitrogens with zero attached hydrogens (tertiary/aromatic N) is 1. The van der Waals surface area contributed by atoms with Crippen molar-refractivity contribution < 1.29 is 4.79 Å². The van der Waals surface area contributed by atoms with E-state index < -0.39 is 0 Å². The molecule has 1 aliphatic heterocycles. The molecule has 1 fully saturated rings. The zero-order valence-corrected chi connectivity index (χ0v) is 12.2. The lowest BCUT2D eigenvalue weighted by Gasteiger charge is -2.44. The van der Waals surface area contributed by atoms with Crippen LogP contribution in [-0.2, 0) is 4.79 Å². The summed E-state index contributed by atoms with van der Waals surface area (Å²) in [6, 6.07) is 6.38. The summed E-state index contributed by atoms with van der Waals surface area (Å²) in [5.41, 5.74) is 2.34. The van der Waals surface area contributed by atoms with E-state index in [1.54, 1.807) is 0 Å². The molecule has 0 atom stereocenters. The van der Waals surface area contributed by atoms with E-state index in [4.69, 9.17) is 0 Å². The lowest BCUT2D eigenvalue weighted by Crippen LogP contribution is -2.50. The molecule has 1 saturated heterocycles. The first-order valence-electron chi connectivity index (χ1n) is 5.96. The van der Waals surface area contributed by atoms with Gasteiger partial charge in [0.1, 0.15) is 5.78 Å². The molecule has 1 aromatic carbocycles. The van der Waals surface area contributed by atoms with Gasteiger partial charge in [0.05, 0.1) is 5.69 Å². The fourth-order valence-corrected chi connectivity index (χ4v) is 3.19. The van der Waals surface area contributed by atoms with Gasteiger partial charge in [-0.15, -0.1) is 0 Å². The number of anilines is 1. The van der Waals surface area contributed by atoms with Crippen LogP contribution in [0.3, 0.4) is 0 Å². The van der Waals surface area contributed by atoms with Crippen molar-refractivity contribution in [1.82, 2.24) is 0 Å². The predicted molar refractivity (Wildman–Crippen MR) is 74.5 cm³/mol. The minimum Gasteiger partial charge on any atom is -0.365 e. The van der Waals surface area contributed by atoms with E-state index in [1.807, 2.05) is 0 Å². The zero-order chi connectivity index (χ0) is 12.6. The highest BCUT2D eigenvalue weighted by Gasteiger charge is 2.34. The maximum Gasteiger partial charge on any atom is 0.136 e. The number of carbonyl (C=O) groups is 1. The van der Waals surface area contributed by atoms with Crippen molar-refractivity contribution in [3.63, 3.8) is 0 Å². The Bertz CT molecular complexity index is 454. The molecule has 0 bridgehead atoms. The van der Waals surface area contributed by atoms with Gasteiger partial charge >= 0.3 is 0 Å². The van der Waals surface area contributed by atoms with Crippen LogP contribution in [-0.4, -0.2) is 17.9 Å². The Morgan fingerprint density at radius 3 is 2.65 bits per heavy atom. The molecule has 0 aromatic heterocycles. The molecular weight excluding hydrogens is 278 g/mol. The second kappa shape index (κ2) is 4.45. The molecule has 0 radical (unpaired) electrons. The van der Waals surface area contributed by atoms with Gasteiger partial charge in [-0.25, -0.2) is 0 Å². The summed E-state index contributed by atoms with van der Waals surface area (Å²) in [7, 11) is 0. The van der Waals surface area contributed by atoms with Gasteiger partial charge in [0, 0.05) is 29.4 Å². The van der Waals surface area contributed by atoms with Crippen LogP contribution in [0.4, 0.5) is 5.69 Å². The fourth-order valence-electron chi connectivity index (χ4n) is 2.48. The van der Waals surface area contributed by atoms with Crippen molar-refractivity contribution in [2.75, 3.05) is 11.4 Å². The maximum atomic E-state index is 11.6. The molecule has 2 rings (SSSR count). The molecule has 2 nitrogen and oxygen atoms in total. The Hall–Kier alpha value is -0.830. The number of benzene rings is 1. The van der Waals surface area contributed by atoms with Crippen LogP contribution in [0.5, 0.6) is 0 Å². The number of carbonyl (C=O) groups excluding carboxylic acids is 1. The minimum absolute atomic E-state index is 0.0902. The molecule has 0 unspecified atom stereocenters. The quantitative estimate of drug-likeness (QED) is 0.787. The van der Waals surface area contributed by atoms with E-state index in [1.165, 1.54) is 11.3 Å². The van der Waals surface area contributed by atoms with Gasteiger partial charge in [0.25, 0.3) is 0 Å². The van der Waals surface area contributed by atoms with Gasteiger partial charge in [0.2, 0.25) is 0 Å². The second-order valence-corrected chi connectivity index (χ2v) is 6.24. The molecule has 92 valence electrons. The third-order valence-electron chi connectivity index (χ3n) is 3.37. The molecule has 0 N–H and O–H groups in total. The molecular formula is C14H18BrNO. The SMILES string of the molecule is Cc1ccc(N2CCC(=O)CC2(C)C)c(Br)c1. The van der Waals surface area contributed by atoms with Crippen LogP contribution in [0, 0.1) is 6.92 Å². The standard InChI is InChI=1S/C14H18BrNO/c1-10-4-5-13(12(15)8-10)16-7-6-11(17)9-14(16,2)3/h4-5,8H,6-7,9H2,1-3H3. The van der Waals surface area contributed by atoms with E-state index in [0.29, 0.717) is 18.6 Å². The van der Waals surface area contributed by atoms with Crippen molar-refractivity contribution in [2.45, 2.75) is 39.2 Å². The van der Waals surface area contributed by atoms with Crippen LogP contribution in [0.1, 0.15) is 32.3 Å². The van der Waals surface area contributed by atoms with Crippen LogP contribution in [0.25, 0.3) is 0 Å². The molecule has 1 aromatic rings. The average molecular weight is 296 g/mol. The molecule has 17 heavy (non-hydrogen) atoms. The van der Waals surface area contributed by atoms with E-state index >= 15 is 0 Å². The summed E-state index contributed by atoms with van der Waals surface area (Å²) < 4.78 is 1.11. The lowest BCUT2D eigenvalue weighted by molar-refractivity contribution is -0.121. The summed E-state index contributed by atoms with van der Waals surface area (Å²) in [4.78, 5) is 13.9. The van der Waals surface area contributed by atoms with Crippen molar-refractivity contribution in [2.24, 2.45) is 0 Å². The highest BCUT2D eigenvalue weighted by molar-refractivity contribution is 9.10. The molecule has 1 heterocycles. The summed E-state index contributed by atoms with van der Waals surface area (Å²) in [5, 5.41) is 0. The Kier molecular flexibility index (Phi) is 3.30. The molecule has 1 aliphatic rings. The minimum atomic E-state index is -0.0902. The first-order chi connectivity index (χ1) is 7.90. The normalized spacial score (nSPS) is 19.5. The van der Waals surface area contributed by atoms with Crippen molar-refractivity contribution in [1.29, 1.82) is 0 Å². The maximum absolute atomic E-state index is 11.6. The summed E-state index contributed by atoms with van der Waals surface area (Å²) in [5.74, 6) is 0.370. The van der Waals surface area contributed by atoms with E-state index in [2.05, 4.69) is 59.8 Å². The van der Waals surface area contributed by atoms with Gasteiger partial charge in [-0.1, -0.05) is 6.07 Å². The number of Topliss-reactive ketones (excluding diaryl/α,β-unsaturated/α-hetero) is 1. The number of halogens is 1. The van der Waals surface area contributed by atoms with Crippen LogP contribution < -0.4 is 4.90 Å². The first-order valence-corrected chi connectivity index (χ1v) is 6.75. The monoisotopic (exact) mass is 295 g/mol. The summed E-state index contributed by atoms with van der Waals surface area (Å²) in [6.07, 6.45) is 1.29. The second-order valence-electron chi connectivity index (χ2n) is 5.38. The number of hydrogen-bond acceptors (Lipinski definition) is 2. The van der Waals surface area contributed by atoms with Gasteiger partial charge in [-0.3, -0.25) is 4.79 Å². The Balaban J connectivity index is 2.36. The third-order valence-corrected chi connectivity index (χ3v) is 4.00. The van der Waals surface area contributed by atoms with E-state index in [0.717, 1.165) is 11.0 Å². The number of aryl methyl sites for hydroxylation is 1. The molecule has 3 heteroatoms. The zero-order valence-electron chi connectivity index (χ0n) is 10.6. The highest BCUT2D eigenvalue weighted by Crippen LogP contribution is 2.36. The predicted octanol–water partition coefficient (Wildman–Crippen LogP) is 3.71. The largest absolute Gasteiger partial charge is 0.365 e. The molecule has 0 amide bonds. The number of piperidine rings is 1. The van der Waals surface area contributed by atoms with Crippen molar-refractivity contribution in [3.8, 4) is 0 Å². The Morgan fingerprint density at radius 1 is 1.35 bits per heavy atom. The van der Waals surface area contributed by atoms with Crippen molar-refractivity contribution in [3.05, 3.63) is 28.2 Å². The molecule has 0 spiro atoms. The molecule has 0 aliphatic carbocycles. The van der Waals surface area contributed by atoms with Crippen LogP contribution in [0.2, 0.25) is 0 Å². The number of hydrogen-bond donors (Lipinski definition) is 0. The van der Waals surface area contributed by atoms with E-state index in [-0.39, 0.29) is 5.54 Å². The Morgan fingerprint density at radius 2 is 2.06 bits per heavy atom. The third kappa shape index (κ3) is 2.54. The summed E-state index contributed by atoms with van der Waals surface area (Å²) >= 11 is 3.62. The number of ketones is 1. The highest BCUT2D eigenvalue weighted by atomic mass is 79.9. The average Bonchev–Trinajstić information content (AvgIpc) is 2.18.